The number of aromatic hydroxyl groups is 1. The van der Waals surface area contributed by atoms with Gasteiger partial charge in [-0.2, -0.15) is 0 Å². The summed E-state index contributed by atoms with van der Waals surface area (Å²) in [4.78, 5) is 110. The number of rotatable bonds is 24. The number of carbonyl (C=O) groups excluding carboxylic acids is 7. The Hall–Kier alpha value is -6.78. The zero-order chi connectivity index (χ0) is 51.6. The van der Waals surface area contributed by atoms with Crippen molar-refractivity contribution in [2.75, 3.05) is 39.8 Å². The normalized spacial score (nSPS) is 14.2. The second kappa shape index (κ2) is 35.4. The number of imidazole rings is 1. The van der Waals surface area contributed by atoms with Crippen LogP contribution in [0.4, 0.5) is 0 Å². The minimum Gasteiger partial charge on any atom is -0.508 e. The maximum absolute atomic E-state index is 13.4. The second-order valence-corrected chi connectivity index (χ2v) is 16.3. The zero-order valence-electron chi connectivity index (χ0n) is 40.9. The van der Waals surface area contributed by atoms with Gasteiger partial charge in [0.1, 0.15) is 29.9 Å². The van der Waals surface area contributed by atoms with Crippen molar-refractivity contribution in [3.05, 3.63) is 48.0 Å². The molecule has 5 atom stereocenters. The van der Waals surface area contributed by atoms with Gasteiger partial charge < -0.3 is 68.8 Å². The summed E-state index contributed by atoms with van der Waals surface area (Å²) < 4.78 is 0. The van der Waals surface area contributed by atoms with Crippen molar-refractivity contribution < 1.29 is 48.6 Å². The molecule has 0 bridgehead atoms. The lowest BCUT2D eigenvalue weighted by molar-refractivity contribution is -0.140. The lowest BCUT2D eigenvalue weighted by Gasteiger charge is -2.27. The monoisotopic (exact) mass is 960 g/mol. The van der Waals surface area contributed by atoms with E-state index in [1.165, 1.54) is 38.2 Å². The summed E-state index contributed by atoms with van der Waals surface area (Å²) in [5.41, 5.74) is 11.9. The fourth-order valence-electron chi connectivity index (χ4n) is 5.78. The van der Waals surface area contributed by atoms with E-state index in [2.05, 4.69) is 86.8 Å². The van der Waals surface area contributed by atoms with E-state index in [-0.39, 0.29) is 56.0 Å². The first-order valence-corrected chi connectivity index (χ1v) is 22.8. The molecule has 0 spiro atoms. The van der Waals surface area contributed by atoms with Crippen molar-refractivity contribution in [1.82, 2.24) is 52.1 Å². The van der Waals surface area contributed by atoms with E-state index in [0.29, 0.717) is 30.6 Å². The molecule has 1 saturated heterocycles. The van der Waals surface area contributed by atoms with Crippen LogP contribution in [-0.2, 0) is 51.2 Å². The molecule has 0 unspecified atom stereocenters. The molecule has 23 nitrogen and oxygen atoms in total. The molecule has 1 aliphatic rings. The second-order valence-electron chi connectivity index (χ2n) is 16.3. The van der Waals surface area contributed by atoms with E-state index in [1.54, 1.807) is 30.3 Å². The van der Waals surface area contributed by atoms with Gasteiger partial charge in [-0.15, -0.1) is 0 Å². The quantitative estimate of drug-likeness (QED) is 0.0275. The average molecular weight is 960 g/mol. The average Bonchev–Trinajstić information content (AvgIpc) is 3.98. The van der Waals surface area contributed by atoms with Gasteiger partial charge >= 0.3 is 5.97 Å². The Kier molecular flexibility index (Phi) is 31.9. The smallest absolute Gasteiger partial charge is 0.325 e. The maximum atomic E-state index is 13.4. The number of aliphatic carboxylic acids is 1. The highest BCUT2D eigenvalue weighted by molar-refractivity contribution is 5.94. The van der Waals surface area contributed by atoms with Crippen LogP contribution in [0.25, 0.3) is 0 Å². The number of guanidine groups is 1. The summed E-state index contributed by atoms with van der Waals surface area (Å²) >= 11 is 0. The third-order valence-electron chi connectivity index (χ3n) is 9.76. The number of aromatic amines is 1. The molecular formula is C45H77N13O10. The number of H-pyrrole nitrogens is 1. The van der Waals surface area contributed by atoms with Crippen molar-refractivity contribution in [2.24, 2.45) is 22.4 Å². The van der Waals surface area contributed by atoms with Crippen LogP contribution in [0.2, 0.25) is 0 Å². The van der Waals surface area contributed by atoms with Gasteiger partial charge in [0, 0.05) is 43.9 Å². The Morgan fingerprint density at radius 1 is 0.882 bits per heavy atom. The van der Waals surface area contributed by atoms with Gasteiger partial charge in [0.25, 0.3) is 0 Å². The summed E-state index contributed by atoms with van der Waals surface area (Å²) in [5, 5.41) is 35.4. The predicted octanol–water partition coefficient (Wildman–Crippen LogP) is -0.455. The Labute approximate surface area is 399 Å². The van der Waals surface area contributed by atoms with Crippen molar-refractivity contribution >= 4 is 53.8 Å². The van der Waals surface area contributed by atoms with Gasteiger partial charge in [-0.3, -0.25) is 43.3 Å². The minimum atomic E-state index is -1.19. The number of phenolic OH excluding ortho intramolecular Hbond substituents is 1. The number of carboxylic acids is 1. The number of likely N-dealkylation sites (N-methyl/N-ethyl adjacent to an activating group) is 1. The molecular weight excluding hydrogens is 883 g/mol. The lowest BCUT2D eigenvalue weighted by atomic mass is 10.0. The molecule has 7 amide bonds. The van der Waals surface area contributed by atoms with Gasteiger partial charge in [-0.25, -0.2) is 4.98 Å². The number of benzene rings is 1. The third kappa shape index (κ3) is 27.6. The summed E-state index contributed by atoms with van der Waals surface area (Å²) in [6.45, 7) is 14.0. The van der Waals surface area contributed by atoms with Gasteiger partial charge in [-0.1, -0.05) is 59.6 Å². The van der Waals surface area contributed by atoms with Gasteiger partial charge in [0.15, 0.2) is 5.96 Å². The predicted molar refractivity (Wildman–Crippen MR) is 258 cm³/mol. The van der Waals surface area contributed by atoms with E-state index in [1.807, 2.05) is 6.92 Å². The van der Waals surface area contributed by atoms with Crippen LogP contribution >= 0.6 is 0 Å². The van der Waals surface area contributed by atoms with Crippen LogP contribution < -0.4 is 48.7 Å². The molecule has 1 aliphatic heterocycles. The summed E-state index contributed by atoms with van der Waals surface area (Å²) in [6, 6.07) is 2.15. The van der Waals surface area contributed by atoms with Crippen molar-refractivity contribution in [1.29, 1.82) is 0 Å². The molecule has 0 saturated carbocycles. The van der Waals surface area contributed by atoms with Crippen molar-refractivity contribution in [3.8, 4) is 5.75 Å². The van der Waals surface area contributed by atoms with E-state index < -0.39 is 72.8 Å². The Morgan fingerprint density at radius 2 is 1.43 bits per heavy atom. The number of nitrogens with zero attached hydrogens (tertiary/aromatic N) is 3. The molecule has 23 heteroatoms. The van der Waals surface area contributed by atoms with Crippen LogP contribution in [-0.4, -0.2) is 149 Å². The van der Waals surface area contributed by atoms with Crippen LogP contribution in [0, 0.1) is 5.92 Å². The number of carboxylic acid groups (broad SMARTS) is 1. The highest BCUT2D eigenvalue weighted by Crippen LogP contribution is 2.18. The van der Waals surface area contributed by atoms with Crippen LogP contribution in [0.1, 0.15) is 98.2 Å². The molecule has 2 aromatic rings. The number of carbonyl (C=O) groups is 8. The first-order chi connectivity index (χ1) is 32.2. The molecule has 382 valence electrons. The highest BCUT2D eigenvalue weighted by atomic mass is 16.4. The number of aliphatic imine (C=N–C) groups is 1. The van der Waals surface area contributed by atoms with E-state index in [4.69, 9.17) is 16.6 Å². The number of nitrogens with two attached hydrogens (primary N) is 2. The number of phenols is 1. The standard InChI is InChI=1S/C33H50N12O7.C5H12.C4H7NO3.C3H8/c1-20-5-4-12-45(20)32(52)26(14-22-15-37-19-41-22)44-29(49)18-40-31(51)25(13-21-7-9-23(46)10-8-21)43-28(48)17-39-30(50)24(42-27(47)16-36-2)6-3-11-38-33(34)35;1-4-5(2)3;1-3(4(7)8)5-2-6;1-3-2/h7-10,15,19-20,24-26,36,46H,3-6,11-14,16-18H2,1-2H3,(H,37,41)(H,39,50)(H,40,51)(H,42,47)(H,43,48)(H,44,49)(H4,34,35,38);5H,4H2,1-3H3;2-3H,1H3,(H,5,6)(H,7,8);3H2,1-2H3/t20-,24+,25+,26+;;3-;/m1.1./s1. The Morgan fingerprint density at radius 3 is 1.88 bits per heavy atom. The molecule has 1 fully saturated rings. The number of aromatic nitrogens is 2. The largest absolute Gasteiger partial charge is 0.508 e. The van der Waals surface area contributed by atoms with Crippen molar-refractivity contribution in [3.63, 3.8) is 0 Å². The van der Waals surface area contributed by atoms with Crippen LogP contribution in [0.5, 0.6) is 5.75 Å². The summed E-state index contributed by atoms with van der Waals surface area (Å²) in [6.07, 6.45) is 8.37. The molecule has 0 aliphatic carbocycles. The van der Waals surface area contributed by atoms with E-state index in [0.717, 1.165) is 18.8 Å². The lowest BCUT2D eigenvalue weighted by Crippen LogP contribution is -2.55. The number of hydrogen-bond acceptors (Lipinski definition) is 12. The molecule has 0 radical (unpaired) electrons. The van der Waals surface area contributed by atoms with E-state index in [9.17, 15) is 43.5 Å². The highest BCUT2D eigenvalue weighted by Gasteiger charge is 2.32. The Bertz CT molecular complexity index is 1840. The summed E-state index contributed by atoms with van der Waals surface area (Å²) in [5.74, 6) is -3.61. The molecule has 1 aromatic heterocycles. The van der Waals surface area contributed by atoms with Crippen molar-refractivity contribution in [2.45, 2.75) is 130 Å². The first-order valence-electron chi connectivity index (χ1n) is 22.8. The SMILES string of the molecule is CCC.CCC(C)C.CNCC(=O)N[C@@H](CCCN=C(N)N)C(=O)NCC(=O)N[C@@H](Cc1ccc(O)cc1)C(=O)NCC(=O)N[C@@H](Cc1cnc[nH]1)C(=O)N1CCC[C@H]1C.C[C@@H](NC=O)C(=O)O. The fraction of sp³-hybridized carbons (Fsp3) is 0.600. The van der Waals surface area contributed by atoms with Crippen LogP contribution in [0.15, 0.2) is 41.8 Å². The van der Waals surface area contributed by atoms with Gasteiger partial charge in [0.05, 0.1) is 26.0 Å². The van der Waals surface area contributed by atoms with Crippen LogP contribution in [0.3, 0.4) is 0 Å². The zero-order valence-corrected chi connectivity index (χ0v) is 40.9. The third-order valence-corrected chi connectivity index (χ3v) is 9.76. The number of amides is 7. The van der Waals surface area contributed by atoms with E-state index >= 15 is 0 Å². The molecule has 68 heavy (non-hydrogen) atoms. The first kappa shape index (κ1) is 61.2. The minimum absolute atomic E-state index is 0.00499. The molecule has 1 aromatic carbocycles. The topological polar surface area (TPSA) is 358 Å². The molecule has 14 N–H and O–H groups in total. The maximum Gasteiger partial charge on any atom is 0.325 e. The summed E-state index contributed by atoms with van der Waals surface area (Å²) in [7, 11) is 1.57. The number of hydrogen-bond donors (Lipinski definition) is 12. The Balaban J connectivity index is 0.00000240. The molecule has 2 heterocycles. The number of likely N-dealkylation sites (tertiary alicyclic amines) is 1. The molecule has 3 rings (SSSR count). The van der Waals surface area contributed by atoms with Gasteiger partial charge in [0.2, 0.25) is 41.9 Å². The number of nitrogens with one attached hydrogen (secondary N) is 8. The van der Waals surface area contributed by atoms with Gasteiger partial charge in [-0.05, 0) is 70.2 Å². The fourth-order valence-corrected chi connectivity index (χ4v) is 5.78.